The fourth-order valence-electron chi connectivity index (χ4n) is 2.00. The number of nitrogens with zero attached hydrogens (tertiary/aromatic N) is 4. The van der Waals surface area contributed by atoms with Crippen LogP contribution in [-0.2, 0) is 0 Å². The molecule has 1 aromatic carbocycles. The highest BCUT2D eigenvalue weighted by Crippen LogP contribution is 2.21. The molecule has 0 aliphatic heterocycles. The Morgan fingerprint density at radius 2 is 2.13 bits per heavy atom. The summed E-state index contributed by atoms with van der Waals surface area (Å²) in [5.74, 6) is -0.386. The zero-order valence-electron chi connectivity index (χ0n) is 12.2. The molecule has 1 amide bonds. The van der Waals surface area contributed by atoms with Gasteiger partial charge in [0.05, 0.1) is 23.2 Å². The molecule has 0 fully saturated rings. The predicted octanol–water partition coefficient (Wildman–Crippen LogP) is 2.32. The first kappa shape index (κ1) is 15.0. The Bertz CT molecular complexity index is 838. The summed E-state index contributed by atoms with van der Waals surface area (Å²) in [7, 11) is 0. The number of hydrazone groups is 1. The fourth-order valence-corrected chi connectivity index (χ4v) is 2.32. The number of hydrogen-bond donors (Lipinski definition) is 2. The van der Waals surface area contributed by atoms with Gasteiger partial charge in [0.25, 0.3) is 5.91 Å². The number of carbonyl (C=O) groups is 1. The van der Waals surface area contributed by atoms with Crippen molar-refractivity contribution in [2.24, 2.45) is 5.10 Å². The maximum atomic E-state index is 11.7. The van der Waals surface area contributed by atoms with Gasteiger partial charge in [0.15, 0.2) is 0 Å². The van der Waals surface area contributed by atoms with Crippen molar-refractivity contribution in [2.45, 2.75) is 6.92 Å². The number of amides is 1. The third kappa shape index (κ3) is 3.14. The van der Waals surface area contributed by atoms with Crippen LogP contribution in [0.2, 0.25) is 5.15 Å². The highest BCUT2D eigenvalue weighted by atomic mass is 35.5. The van der Waals surface area contributed by atoms with Gasteiger partial charge in [0, 0.05) is 6.20 Å². The second-order valence-electron chi connectivity index (χ2n) is 4.71. The number of nitrogens with one attached hydrogen (secondary N) is 2. The molecule has 0 aliphatic rings. The van der Waals surface area contributed by atoms with E-state index in [0.717, 1.165) is 5.69 Å². The van der Waals surface area contributed by atoms with Gasteiger partial charge in [-0.25, -0.2) is 10.1 Å². The second kappa shape index (κ2) is 6.45. The molecule has 0 bridgehead atoms. The molecule has 2 aromatic heterocycles. The van der Waals surface area contributed by atoms with Gasteiger partial charge in [-0.05, 0) is 25.1 Å². The van der Waals surface area contributed by atoms with Gasteiger partial charge >= 0.3 is 0 Å². The number of rotatable bonds is 4. The number of H-pyrrole nitrogens is 1. The Morgan fingerprint density at radius 3 is 2.83 bits per heavy atom. The van der Waals surface area contributed by atoms with E-state index in [4.69, 9.17) is 11.6 Å². The minimum absolute atomic E-state index is 0.324. The smallest absolute Gasteiger partial charge is 0.273 e. The first-order valence-corrected chi connectivity index (χ1v) is 7.18. The number of halogens is 1. The third-order valence-electron chi connectivity index (χ3n) is 3.15. The predicted molar refractivity (Wildman–Crippen MR) is 87.0 cm³/mol. The Labute approximate surface area is 137 Å². The summed E-state index contributed by atoms with van der Waals surface area (Å²) >= 11 is 6.36. The zero-order chi connectivity index (χ0) is 16.2. The number of para-hydroxylation sites is 1. The number of aromatic amines is 1. The van der Waals surface area contributed by atoms with Crippen molar-refractivity contribution in [1.82, 2.24) is 25.4 Å². The minimum Gasteiger partial charge on any atom is -0.273 e. The molecule has 3 rings (SSSR count). The molecule has 0 unspecified atom stereocenters. The molecule has 0 atom stereocenters. The Balaban J connectivity index is 1.80. The van der Waals surface area contributed by atoms with Gasteiger partial charge in [-0.15, -0.1) is 0 Å². The Kier molecular flexibility index (Phi) is 4.20. The molecule has 0 saturated heterocycles. The van der Waals surface area contributed by atoms with Crippen LogP contribution in [0.25, 0.3) is 5.69 Å². The molecule has 8 heteroatoms. The van der Waals surface area contributed by atoms with E-state index in [1.165, 1.54) is 12.4 Å². The molecule has 0 spiro atoms. The van der Waals surface area contributed by atoms with Gasteiger partial charge in [-0.1, -0.05) is 29.8 Å². The number of carbonyl (C=O) groups excluding carboxylic acids is 1. The first-order chi connectivity index (χ1) is 11.2. The Hall–Kier alpha value is -2.93. The van der Waals surface area contributed by atoms with Crippen LogP contribution in [0.3, 0.4) is 0 Å². The average molecular weight is 329 g/mol. The number of benzene rings is 1. The lowest BCUT2D eigenvalue weighted by atomic mass is 10.3. The van der Waals surface area contributed by atoms with Crippen LogP contribution in [-0.4, -0.2) is 32.1 Å². The average Bonchev–Trinajstić information content (AvgIpc) is 3.19. The van der Waals surface area contributed by atoms with Crippen LogP contribution in [0, 0.1) is 6.92 Å². The lowest BCUT2D eigenvalue weighted by Gasteiger charge is -2.01. The quantitative estimate of drug-likeness (QED) is 0.569. The highest BCUT2D eigenvalue weighted by Gasteiger charge is 2.13. The maximum Gasteiger partial charge on any atom is 0.289 e. The molecule has 23 heavy (non-hydrogen) atoms. The summed E-state index contributed by atoms with van der Waals surface area (Å²) < 4.78 is 1.62. The molecule has 0 saturated carbocycles. The molecule has 7 nitrogen and oxygen atoms in total. The summed E-state index contributed by atoms with van der Waals surface area (Å²) in [4.78, 5) is 11.7. The fraction of sp³-hybridized carbons (Fsp3) is 0.0667. The van der Waals surface area contributed by atoms with Crippen molar-refractivity contribution >= 4 is 23.7 Å². The van der Waals surface area contributed by atoms with Crippen LogP contribution in [0.1, 0.15) is 21.7 Å². The normalized spacial score (nSPS) is 11.0. The summed E-state index contributed by atoms with van der Waals surface area (Å²) in [5.41, 5.74) is 4.92. The molecular formula is C15H13ClN6O. The standard InChI is InChI=1S/C15H13ClN6O/c1-10-12(9-18-20-15(23)13-7-8-17-19-13)14(16)22(21-10)11-5-3-2-4-6-11/h2-9H,1H3,(H,17,19)(H,20,23)/b18-9+. The van der Waals surface area contributed by atoms with E-state index in [-0.39, 0.29) is 5.91 Å². The first-order valence-electron chi connectivity index (χ1n) is 6.80. The van der Waals surface area contributed by atoms with Crippen LogP contribution >= 0.6 is 11.6 Å². The van der Waals surface area contributed by atoms with Crippen molar-refractivity contribution < 1.29 is 4.79 Å². The number of aryl methyl sites for hydroxylation is 1. The van der Waals surface area contributed by atoms with E-state index in [9.17, 15) is 4.79 Å². The van der Waals surface area contributed by atoms with Crippen molar-refractivity contribution in [3.05, 3.63) is 64.7 Å². The largest absolute Gasteiger partial charge is 0.289 e. The molecule has 0 aliphatic carbocycles. The van der Waals surface area contributed by atoms with E-state index < -0.39 is 0 Å². The van der Waals surface area contributed by atoms with Crippen LogP contribution < -0.4 is 5.43 Å². The van der Waals surface area contributed by atoms with Crippen LogP contribution in [0.4, 0.5) is 0 Å². The van der Waals surface area contributed by atoms with Gasteiger partial charge in [0.2, 0.25) is 0 Å². The zero-order valence-corrected chi connectivity index (χ0v) is 12.9. The minimum atomic E-state index is -0.386. The maximum absolute atomic E-state index is 11.7. The lowest BCUT2D eigenvalue weighted by Crippen LogP contribution is -2.18. The number of aromatic nitrogens is 4. The van der Waals surface area contributed by atoms with Gasteiger partial charge in [0.1, 0.15) is 10.8 Å². The summed E-state index contributed by atoms with van der Waals surface area (Å²) in [5, 5.41) is 15.0. The molecule has 2 N–H and O–H groups in total. The summed E-state index contributed by atoms with van der Waals surface area (Å²) in [6, 6.07) is 11.1. The highest BCUT2D eigenvalue weighted by molar-refractivity contribution is 6.32. The molecule has 116 valence electrons. The monoisotopic (exact) mass is 328 g/mol. The van der Waals surface area contributed by atoms with E-state index in [1.54, 1.807) is 10.7 Å². The summed E-state index contributed by atoms with van der Waals surface area (Å²) in [6.07, 6.45) is 2.96. The SMILES string of the molecule is Cc1nn(-c2ccccc2)c(Cl)c1/C=N/NC(=O)c1ccn[nH]1. The van der Waals surface area contributed by atoms with Gasteiger partial charge in [-0.3, -0.25) is 9.89 Å². The molecule has 0 radical (unpaired) electrons. The molecule has 3 aromatic rings. The molecule has 2 heterocycles. The van der Waals surface area contributed by atoms with Crippen LogP contribution in [0.5, 0.6) is 0 Å². The van der Waals surface area contributed by atoms with Crippen molar-refractivity contribution in [2.75, 3.05) is 0 Å². The van der Waals surface area contributed by atoms with Crippen molar-refractivity contribution in [3.8, 4) is 5.69 Å². The van der Waals surface area contributed by atoms with E-state index in [2.05, 4.69) is 25.8 Å². The third-order valence-corrected chi connectivity index (χ3v) is 3.52. The van der Waals surface area contributed by atoms with E-state index in [1.807, 2.05) is 37.3 Å². The van der Waals surface area contributed by atoms with Gasteiger partial charge < -0.3 is 0 Å². The second-order valence-corrected chi connectivity index (χ2v) is 5.06. The topological polar surface area (TPSA) is 88.0 Å². The lowest BCUT2D eigenvalue weighted by molar-refractivity contribution is 0.0950. The van der Waals surface area contributed by atoms with Crippen molar-refractivity contribution in [3.63, 3.8) is 0 Å². The van der Waals surface area contributed by atoms with Crippen molar-refractivity contribution in [1.29, 1.82) is 0 Å². The Morgan fingerprint density at radius 1 is 1.35 bits per heavy atom. The van der Waals surface area contributed by atoms with Gasteiger partial charge in [-0.2, -0.15) is 15.3 Å². The van der Waals surface area contributed by atoms with E-state index in [0.29, 0.717) is 22.1 Å². The number of hydrogen-bond acceptors (Lipinski definition) is 4. The van der Waals surface area contributed by atoms with Crippen LogP contribution in [0.15, 0.2) is 47.7 Å². The van der Waals surface area contributed by atoms with E-state index >= 15 is 0 Å². The summed E-state index contributed by atoms with van der Waals surface area (Å²) in [6.45, 7) is 1.82. The molecular weight excluding hydrogens is 316 g/mol.